The molecule has 33 heavy (non-hydrogen) atoms. The molecule has 0 aliphatic rings. The van der Waals surface area contributed by atoms with Gasteiger partial charge in [-0.15, -0.1) is 0 Å². The van der Waals surface area contributed by atoms with Crippen LogP contribution in [-0.4, -0.2) is 27.6 Å². The van der Waals surface area contributed by atoms with E-state index in [9.17, 15) is 18.0 Å². The molecule has 0 aliphatic carbocycles. The Balaban J connectivity index is 1.75. The van der Waals surface area contributed by atoms with Gasteiger partial charge in [0.05, 0.1) is 34.7 Å². The van der Waals surface area contributed by atoms with Crippen molar-refractivity contribution >= 4 is 28.8 Å². The second kappa shape index (κ2) is 8.84. The first-order valence-corrected chi connectivity index (χ1v) is 10.2. The number of amides is 1. The van der Waals surface area contributed by atoms with Gasteiger partial charge >= 0.3 is 6.18 Å². The van der Waals surface area contributed by atoms with Gasteiger partial charge in [0.15, 0.2) is 5.65 Å². The smallest absolute Gasteiger partial charge is 0.378 e. The number of fused-ring (bicyclic) bond motifs is 1. The number of carbonyl (C=O) groups is 1. The molecule has 0 unspecified atom stereocenters. The van der Waals surface area contributed by atoms with Gasteiger partial charge in [-0.3, -0.25) is 4.79 Å². The van der Waals surface area contributed by atoms with Crippen LogP contribution in [0.1, 0.15) is 27.3 Å². The van der Waals surface area contributed by atoms with Gasteiger partial charge < -0.3 is 10.1 Å². The Bertz CT molecular complexity index is 1350. The SMILES string of the molecule is COCc1nn2c(C)c(C(=O)Nc3cccc(C(F)(F)F)c3)cnc2c1-c1cccc(Cl)c1. The number of halogens is 4. The molecule has 170 valence electrons. The summed E-state index contributed by atoms with van der Waals surface area (Å²) in [7, 11) is 1.54. The monoisotopic (exact) mass is 474 g/mol. The zero-order valence-corrected chi connectivity index (χ0v) is 18.3. The highest BCUT2D eigenvalue weighted by Crippen LogP contribution is 2.32. The number of hydrogen-bond donors (Lipinski definition) is 1. The van der Waals surface area contributed by atoms with Crippen molar-refractivity contribution in [1.29, 1.82) is 0 Å². The number of nitrogens with one attached hydrogen (secondary N) is 1. The molecule has 4 rings (SSSR count). The molecular weight excluding hydrogens is 457 g/mol. The van der Waals surface area contributed by atoms with Crippen LogP contribution < -0.4 is 5.32 Å². The lowest BCUT2D eigenvalue weighted by molar-refractivity contribution is -0.137. The number of benzene rings is 2. The zero-order valence-electron chi connectivity index (χ0n) is 17.6. The molecule has 2 aromatic carbocycles. The number of ether oxygens (including phenoxy) is 1. The van der Waals surface area contributed by atoms with Crippen LogP contribution in [0, 0.1) is 6.92 Å². The number of alkyl halides is 3. The van der Waals surface area contributed by atoms with Crippen molar-refractivity contribution < 1.29 is 22.7 Å². The summed E-state index contributed by atoms with van der Waals surface area (Å²) in [6.45, 7) is 1.89. The third-order valence-electron chi connectivity index (χ3n) is 5.04. The molecule has 1 N–H and O–H groups in total. The Morgan fingerprint density at radius 1 is 1.18 bits per heavy atom. The van der Waals surface area contributed by atoms with E-state index in [1.54, 1.807) is 26.2 Å². The van der Waals surface area contributed by atoms with Crippen molar-refractivity contribution in [1.82, 2.24) is 14.6 Å². The fourth-order valence-corrected chi connectivity index (χ4v) is 3.70. The van der Waals surface area contributed by atoms with E-state index in [2.05, 4.69) is 15.4 Å². The lowest BCUT2D eigenvalue weighted by Crippen LogP contribution is -2.16. The third-order valence-corrected chi connectivity index (χ3v) is 5.28. The second-order valence-corrected chi connectivity index (χ2v) is 7.73. The minimum absolute atomic E-state index is 0.0227. The van der Waals surface area contributed by atoms with Crippen molar-refractivity contribution in [2.45, 2.75) is 19.7 Å². The topological polar surface area (TPSA) is 68.5 Å². The normalized spacial score (nSPS) is 11.7. The molecule has 2 aromatic heterocycles. The van der Waals surface area contributed by atoms with Crippen molar-refractivity contribution in [3.63, 3.8) is 0 Å². The molecule has 0 fully saturated rings. The maximum Gasteiger partial charge on any atom is 0.416 e. The minimum Gasteiger partial charge on any atom is -0.378 e. The van der Waals surface area contributed by atoms with E-state index in [-0.39, 0.29) is 17.9 Å². The Hall–Kier alpha value is -3.43. The van der Waals surface area contributed by atoms with Crippen molar-refractivity contribution in [3.8, 4) is 11.1 Å². The van der Waals surface area contributed by atoms with Crippen LogP contribution in [0.4, 0.5) is 18.9 Å². The number of rotatable bonds is 5. The predicted octanol–water partition coefficient (Wildman–Crippen LogP) is 5.78. The Morgan fingerprint density at radius 2 is 1.94 bits per heavy atom. The molecule has 1 amide bonds. The molecule has 10 heteroatoms. The largest absolute Gasteiger partial charge is 0.416 e. The zero-order chi connectivity index (χ0) is 23.8. The van der Waals surface area contributed by atoms with Gasteiger partial charge in [0.1, 0.15) is 0 Å². The first kappa shape index (κ1) is 22.8. The van der Waals surface area contributed by atoms with Crippen LogP contribution in [0.3, 0.4) is 0 Å². The summed E-state index contributed by atoms with van der Waals surface area (Å²) in [4.78, 5) is 17.3. The first-order valence-electron chi connectivity index (χ1n) is 9.79. The average molecular weight is 475 g/mol. The number of anilines is 1. The van der Waals surface area contributed by atoms with Crippen LogP contribution >= 0.6 is 11.6 Å². The van der Waals surface area contributed by atoms with E-state index < -0.39 is 17.6 Å². The highest BCUT2D eigenvalue weighted by Gasteiger charge is 2.30. The molecule has 0 saturated carbocycles. The molecule has 0 radical (unpaired) electrons. The van der Waals surface area contributed by atoms with E-state index >= 15 is 0 Å². The van der Waals surface area contributed by atoms with Gasteiger partial charge in [-0.25, -0.2) is 9.50 Å². The summed E-state index contributed by atoms with van der Waals surface area (Å²) >= 11 is 6.15. The predicted molar refractivity (Wildman–Crippen MR) is 118 cm³/mol. The summed E-state index contributed by atoms with van der Waals surface area (Å²) in [5.74, 6) is -0.602. The van der Waals surface area contributed by atoms with Gasteiger partial charge in [0.25, 0.3) is 5.91 Å². The van der Waals surface area contributed by atoms with Gasteiger partial charge in [0.2, 0.25) is 0 Å². The maximum atomic E-state index is 13.0. The number of methoxy groups -OCH3 is 1. The Morgan fingerprint density at radius 3 is 2.64 bits per heavy atom. The molecule has 4 aromatic rings. The van der Waals surface area contributed by atoms with Crippen LogP contribution in [0.25, 0.3) is 16.8 Å². The first-order chi connectivity index (χ1) is 15.7. The summed E-state index contributed by atoms with van der Waals surface area (Å²) < 4.78 is 45.7. The average Bonchev–Trinajstić information content (AvgIpc) is 3.13. The van der Waals surface area contributed by atoms with E-state index in [4.69, 9.17) is 16.3 Å². The van der Waals surface area contributed by atoms with Crippen LogP contribution in [0.2, 0.25) is 5.02 Å². The summed E-state index contributed by atoms with van der Waals surface area (Å²) in [5.41, 5.74) is 2.41. The van der Waals surface area contributed by atoms with E-state index in [1.807, 2.05) is 12.1 Å². The summed E-state index contributed by atoms with van der Waals surface area (Å²) in [6, 6.07) is 11.6. The molecule has 0 saturated heterocycles. The minimum atomic E-state index is -4.51. The van der Waals surface area contributed by atoms with Gasteiger partial charge in [-0.05, 0) is 42.8 Å². The van der Waals surface area contributed by atoms with Crippen LogP contribution in [0.15, 0.2) is 54.7 Å². The van der Waals surface area contributed by atoms with Crippen LogP contribution in [-0.2, 0) is 17.5 Å². The number of aromatic nitrogens is 3. The quantitative estimate of drug-likeness (QED) is 0.398. The number of carbonyl (C=O) groups excluding carboxylic acids is 1. The summed E-state index contributed by atoms with van der Waals surface area (Å²) in [6.07, 6.45) is -3.14. The maximum absolute atomic E-state index is 13.0. The number of hydrogen-bond acceptors (Lipinski definition) is 4. The van der Waals surface area contributed by atoms with Gasteiger partial charge in [-0.1, -0.05) is 29.8 Å². The fraction of sp³-hybridized carbons (Fsp3) is 0.174. The molecule has 6 nitrogen and oxygen atoms in total. The summed E-state index contributed by atoms with van der Waals surface area (Å²) in [5, 5.41) is 7.61. The molecular formula is C23H18ClF3N4O2. The lowest BCUT2D eigenvalue weighted by Gasteiger charge is -2.11. The molecule has 2 heterocycles. The van der Waals surface area contributed by atoms with E-state index in [0.717, 1.165) is 17.7 Å². The number of nitrogens with zero attached hydrogens (tertiary/aromatic N) is 3. The molecule has 0 aliphatic heterocycles. The third kappa shape index (κ3) is 4.55. The Kier molecular flexibility index (Phi) is 6.09. The highest BCUT2D eigenvalue weighted by molar-refractivity contribution is 6.30. The van der Waals surface area contributed by atoms with Gasteiger partial charge in [-0.2, -0.15) is 18.3 Å². The van der Waals surface area contributed by atoms with Gasteiger partial charge in [0, 0.05) is 24.0 Å². The van der Waals surface area contributed by atoms with E-state index in [0.29, 0.717) is 27.6 Å². The number of aryl methyl sites for hydroxylation is 1. The van der Waals surface area contributed by atoms with Crippen molar-refractivity contribution in [2.75, 3.05) is 12.4 Å². The lowest BCUT2D eigenvalue weighted by atomic mass is 10.1. The molecule has 0 bridgehead atoms. The van der Waals surface area contributed by atoms with Crippen molar-refractivity contribution in [3.05, 3.63) is 82.3 Å². The second-order valence-electron chi connectivity index (χ2n) is 7.29. The molecule has 0 spiro atoms. The standard InChI is InChI=1S/C23H18ClF3N4O2/c1-13-18(22(32)29-17-8-4-6-15(10-17)23(25,26)27)11-28-21-20(14-5-3-7-16(24)9-14)19(12-33-2)30-31(13)21/h3-11H,12H2,1-2H3,(H,29,32). The van der Waals surface area contributed by atoms with Crippen molar-refractivity contribution in [2.24, 2.45) is 0 Å². The Labute approximate surface area is 192 Å². The fourth-order valence-electron chi connectivity index (χ4n) is 3.51. The highest BCUT2D eigenvalue weighted by atomic mass is 35.5. The van der Waals surface area contributed by atoms with Crippen LogP contribution in [0.5, 0.6) is 0 Å². The van der Waals surface area contributed by atoms with E-state index in [1.165, 1.54) is 22.8 Å². The molecule has 0 atom stereocenters.